The van der Waals surface area contributed by atoms with Crippen LogP contribution < -0.4 is 10.2 Å². The van der Waals surface area contributed by atoms with Gasteiger partial charge in [-0.05, 0) is 71.3 Å². The van der Waals surface area contributed by atoms with E-state index < -0.39 is 29.0 Å². The van der Waals surface area contributed by atoms with E-state index in [1.54, 1.807) is 6.07 Å². The number of esters is 1. The number of benzene rings is 1. The van der Waals surface area contributed by atoms with E-state index in [-0.39, 0.29) is 40.6 Å². The second kappa shape index (κ2) is 13.8. The fourth-order valence-corrected chi connectivity index (χ4v) is 6.77. The number of ether oxygens (including phenoxy) is 1. The summed E-state index contributed by atoms with van der Waals surface area (Å²) in [6, 6.07) is 4.26. The van der Waals surface area contributed by atoms with E-state index in [9.17, 15) is 22.4 Å². The summed E-state index contributed by atoms with van der Waals surface area (Å²) in [7, 11) is 0. The first kappa shape index (κ1) is 34.0. The number of thiazole rings is 1. The summed E-state index contributed by atoms with van der Waals surface area (Å²) in [6.07, 6.45) is -0.972. The van der Waals surface area contributed by atoms with Crippen molar-refractivity contribution < 1.29 is 31.5 Å². The molecule has 14 heteroatoms. The molecule has 0 aliphatic carbocycles. The lowest BCUT2D eigenvalue weighted by Crippen LogP contribution is -2.47. The summed E-state index contributed by atoms with van der Waals surface area (Å²) in [5.74, 6) is -1.92. The minimum atomic E-state index is -4.73. The Labute approximate surface area is 269 Å². The molecule has 2 aromatic heterocycles. The average molecular weight is 667 g/mol. The molecule has 1 N–H and O–H groups in total. The number of nitrogens with one attached hydrogen (secondary N) is 1. The third-order valence-corrected chi connectivity index (χ3v) is 9.05. The molecule has 1 atom stereocenters. The molecule has 0 unspecified atom stereocenters. The standard InChI is InChI=1S/C32H39F5N6O2S/c1-20-6-5-10-43(20)19-25-28(21-16-22(32(35,36)37)18-23(33)17-21)39-30(46-25)40-29-27(34)24(7-9-38-29)42-14-12-41(13-15-42)11-8-26(44)45-31(2,3)4/h7,9,16-18,20H,5-6,8,10-15,19H2,1-4H3,(H,38,39,40)/t20-/m1/s1. The summed E-state index contributed by atoms with van der Waals surface area (Å²) in [6.45, 7) is 11.7. The number of carbonyl (C=O) groups is 1. The second-order valence-corrected chi connectivity index (χ2v) is 13.8. The highest BCUT2D eigenvalue weighted by atomic mass is 32.1. The summed E-state index contributed by atoms with van der Waals surface area (Å²) in [5, 5.41) is 3.18. The number of pyridine rings is 1. The van der Waals surface area contributed by atoms with Crippen LogP contribution in [0.25, 0.3) is 11.3 Å². The lowest BCUT2D eigenvalue weighted by molar-refractivity contribution is -0.155. The van der Waals surface area contributed by atoms with Crippen molar-refractivity contribution in [3.63, 3.8) is 0 Å². The lowest BCUT2D eigenvalue weighted by Gasteiger charge is -2.36. The molecule has 46 heavy (non-hydrogen) atoms. The third kappa shape index (κ3) is 8.51. The molecule has 0 saturated carbocycles. The minimum absolute atomic E-state index is 0.00481. The zero-order valence-electron chi connectivity index (χ0n) is 26.4. The predicted octanol–water partition coefficient (Wildman–Crippen LogP) is 7.08. The molecule has 0 bridgehead atoms. The van der Waals surface area contributed by atoms with Crippen LogP contribution in [0.5, 0.6) is 0 Å². The summed E-state index contributed by atoms with van der Waals surface area (Å²) >= 11 is 1.19. The number of carbonyl (C=O) groups excluding carboxylic acids is 1. The molecular formula is C32H39F5N6O2S. The predicted molar refractivity (Wildman–Crippen MR) is 168 cm³/mol. The normalized spacial score (nSPS) is 18.3. The zero-order valence-corrected chi connectivity index (χ0v) is 27.2. The number of hydrogen-bond donors (Lipinski definition) is 1. The maximum atomic E-state index is 15.9. The van der Waals surface area contributed by atoms with Crippen molar-refractivity contribution in [2.24, 2.45) is 0 Å². The number of hydrogen-bond acceptors (Lipinski definition) is 9. The van der Waals surface area contributed by atoms with Crippen molar-refractivity contribution in [3.8, 4) is 11.3 Å². The molecule has 0 amide bonds. The molecule has 2 aliphatic rings. The number of piperazine rings is 1. The summed E-state index contributed by atoms with van der Waals surface area (Å²) < 4.78 is 76.2. The first-order chi connectivity index (χ1) is 21.7. The number of aromatic nitrogens is 2. The van der Waals surface area contributed by atoms with Crippen molar-refractivity contribution in [2.75, 3.05) is 49.5 Å². The van der Waals surface area contributed by atoms with Gasteiger partial charge < -0.3 is 15.0 Å². The molecule has 2 aliphatic heterocycles. The maximum absolute atomic E-state index is 15.9. The molecule has 2 fully saturated rings. The Kier molecular flexibility index (Phi) is 10.2. The van der Waals surface area contributed by atoms with Gasteiger partial charge in [0.05, 0.1) is 23.4 Å². The number of alkyl halides is 3. The Hall–Kier alpha value is -3.36. The van der Waals surface area contributed by atoms with Crippen LogP contribution in [0.2, 0.25) is 0 Å². The highest BCUT2D eigenvalue weighted by molar-refractivity contribution is 7.16. The van der Waals surface area contributed by atoms with E-state index >= 15 is 4.39 Å². The van der Waals surface area contributed by atoms with Crippen molar-refractivity contribution >= 4 is 33.9 Å². The Morgan fingerprint density at radius 2 is 1.83 bits per heavy atom. The van der Waals surface area contributed by atoms with Crippen molar-refractivity contribution in [2.45, 2.75) is 71.3 Å². The van der Waals surface area contributed by atoms with Gasteiger partial charge >= 0.3 is 12.1 Å². The molecule has 1 aromatic carbocycles. The van der Waals surface area contributed by atoms with Gasteiger partial charge in [0.15, 0.2) is 16.8 Å². The average Bonchev–Trinajstić information content (AvgIpc) is 3.57. The van der Waals surface area contributed by atoms with Crippen LogP contribution in [0.1, 0.15) is 57.4 Å². The number of nitrogens with zero attached hydrogens (tertiary/aromatic N) is 5. The van der Waals surface area contributed by atoms with Crippen LogP contribution in [-0.2, 0) is 22.3 Å². The summed E-state index contributed by atoms with van der Waals surface area (Å²) in [5.41, 5.74) is -1.06. The molecule has 250 valence electrons. The number of anilines is 3. The Morgan fingerprint density at radius 1 is 1.09 bits per heavy atom. The number of rotatable bonds is 9. The fourth-order valence-electron chi connectivity index (χ4n) is 5.76. The Balaban J connectivity index is 1.33. The van der Waals surface area contributed by atoms with Crippen molar-refractivity contribution in [1.82, 2.24) is 19.8 Å². The molecular weight excluding hydrogens is 627 g/mol. The first-order valence-corrected chi connectivity index (χ1v) is 16.2. The summed E-state index contributed by atoms with van der Waals surface area (Å²) in [4.78, 5) is 27.7. The van der Waals surface area contributed by atoms with E-state index in [2.05, 4.69) is 32.0 Å². The van der Waals surface area contributed by atoms with E-state index in [4.69, 9.17) is 4.74 Å². The molecule has 2 saturated heterocycles. The van der Waals surface area contributed by atoms with E-state index in [0.29, 0.717) is 55.9 Å². The second-order valence-electron chi connectivity index (χ2n) is 12.8. The largest absolute Gasteiger partial charge is 0.460 e. The van der Waals surface area contributed by atoms with E-state index in [1.165, 1.54) is 17.5 Å². The Morgan fingerprint density at radius 3 is 2.48 bits per heavy atom. The fraction of sp³-hybridized carbons (Fsp3) is 0.531. The van der Waals surface area contributed by atoms with Crippen LogP contribution in [-0.4, -0.2) is 76.6 Å². The van der Waals surface area contributed by atoms with Crippen LogP contribution in [0.15, 0.2) is 30.5 Å². The molecule has 8 nitrogen and oxygen atoms in total. The Bertz CT molecular complexity index is 1530. The first-order valence-electron chi connectivity index (χ1n) is 15.4. The van der Waals surface area contributed by atoms with Gasteiger partial charge in [-0.15, -0.1) is 0 Å². The van der Waals surface area contributed by atoms with Gasteiger partial charge in [0, 0.05) is 61.9 Å². The molecule has 4 heterocycles. The van der Waals surface area contributed by atoms with E-state index in [0.717, 1.165) is 31.5 Å². The van der Waals surface area contributed by atoms with Gasteiger partial charge in [0.25, 0.3) is 0 Å². The quantitative estimate of drug-likeness (QED) is 0.192. The highest BCUT2D eigenvalue weighted by Crippen LogP contribution is 2.39. The van der Waals surface area contributed by atoms with Gasteiger partial charge in [-0.1, -0.05) is 11.3 Å². The number of likely N-dealkylation sites (tertiary alicyclic amines) is 1. The topological polar surface area (TPSA) is 73.8 Å². The van der Waals surface area contributed by atoms with E-state index in [1.807, 2.05) is 25.7 Å². The maximum Gasteiger partial charge on any atom is 0.416 e. The van der Waals surface area contributed by atoms with Gasteiger partial charge in [-0.3, -0.25) is 14.6 Å². The van der Waals surface area contributed by atoms with Gasteiger partial charge in [0.1, 0.15) is 11.4 Å². The van der Waals surface area contributed by atoms with Crippen LogP contribution in [0, 0.1) is 11.6 Å². The van der Waals surface area contributed by atoms with Gasteiger partial charge in [-0.2, -0.15) is 13.2 Å². The molecule has 0 radical (unpaired) electrons. The molecule has 0 spiro atoms. The number of halogens is 5. The minimum Gasteiger partial charge on any atom is -0.460 e. The van der Waals surface area contributed by atoms with Gasteiger partial charge in [0.2, 0.25) is 0 Å². The monoisotopic (exact) mass is 666 g/mol. The molecule has 3 aromatic rings. The van der Waals surface area contributed by atoms with Gasteiger partial charge in [-0.25, -0.2) is 18.7 Å². The highest BCUT2D eigenvalue weighted by Gasteiger charge is 2.33. The third-order valence-electron chi connectivity index (χ3n) is 8.09. The van der Waals surface area contributed by atoms with Crippen LogP contribution in [0.4, 0.5) is 38.6 Å². The lowest BCUT2D eigenvalue weighted by atomic mass is 10.1. The smallest absolute Gasteiger partial charge is 0.416 e. The van der Waals surface area contributed by atoms with Crippen LogP contribution >= 0.6 is 11.3 Å². The van der Waals surface area contributed by atoms with Crippen molar-refractivity contribution in [1.29, 1.82) is 0 Å². The zero-order chi connectivity index (χ0) is 33.2. The van der Waals surface area contributed by atoms with Crippen molar-refractivity contribution in [3.05, 3.63) is 52.5 Å². The SMILES string of the molecule is C[C@@H]1CCCN1Cc1sc(Nc2nccc(N3CCN(CCC(=O)OC(C)(C)C)CC3)c2F)nc1-c1cc(F)cc(C(F)(F)F)c1. The molecule has 5 rings (SSSR count). The van der Waals surface area contributed by atoms with Crippen LogP contribution in [0.3, 0.4) is 0 Å².